The molecule has 2 rings (SSSR count). The third-order valence-corrected chi connectivity index (χ3v) is 2.11. The predicted molar refractivity (Wildman–Crippen MR) is 52.4 cm³/mol. The fraction of sp³-hybridized carbons (Fsp3) is 0.182. The third kappa shape index (κ3) is 2.21. The van der Waals surface area contributed by atoms with Gasteiger partial charge in [0.15, 0.2) is 0 Å². The van der Waals surface area contributed by atoms with E-state index in [-0.39, 0.29) is 6.54 Å². The Morgan fingerprint density at radius 1 is 1.27 bits per heavy atom. The first-order valence-corrected chi connectivity index (χ1v) is 4.59. The minimum absolute atomic E-state index is 0.247. The van der Waals surface area contributed by atoms with Crippen molar-refractivity contribution in [2.75, 3.05) is 0 Å². The second kappa shape index (κ2) is 3.81. The van der Waals surface area contributed by atoms with Gasteiger partial charge in [-0.2, -0.15) is 5.10 Å². The van der Waals surface area contributed by atoms with E-state index in [0.29, 0.717) is 5.56 Å². The molecule has 0 aliphatic carbocycles. The highest BCUT2D eigenvalue weighted by Gasteiger charge is 2.04. The van der Waals surface area contributed by atoms with E-state index in [1.165, 1.54) is 6.07 Å². The van der Waals surface area contributed by atoms with Crippen LogP contribution in [0.2, 0.25) is 0 Å². The monoisotopic (exact) mass is 208 g/mol. The van der Waals surface area contributed by atoms with Crippen LogP contribution in [-0.4, -0.2) is 9.78 Å². The molecule has 0 unspecified atom stereocenters. The molecule has 15 heavy (non-hydrogen) atoms. The lowest BCUT2D eigenvalue weighted by Gasteiger charge is -2.03. The Morgan fingerprint density at radius 2 is 2.07 bits per heavy atom. The predicted octanol–water partition coefficient (Wildman–Crippen LogP) is 2.52. The Kier molecular flexibility index (Phi) is 2.49. The number of nitrogens with zero attached hydrogens (tertiary/aromatic N) is 2. The van der Waals surface area contributed by atoms with E-state index in [9.17, 15) is 8.78 Å². The van der Waals surface area contributed by atoms with Crippen LogP contribution in [0.5, 0.6) is 0 Å². The lowest BCUT2D eigenvalue weighted by atomic mass is 10.2. The van der Waals surface area contributed by atoms with Gasteiger partial charge < -0.3 is 0 Å². The van der Waals surface area contributed by atoms with Crippen LogP contribution in [0.1, 0.15) is 11.3 Å². The molecule has 0 spiro atoms. The Bertz CT molecular complexity index is 477. The van der Waals surface area contributed by atoms with Crippen molar-refractivity contribution >= 4 is 0 Å². The summed E-state index contributed by atoms with van der Waals surface area (Å²) in [6.45, 7) is 2.09. The quantitative estimate of drug-likeness (QED) is 0.741. The van der Waals surface area contributed by atoms with Crippen LogP contribution < -0.4 is 0 Å². The highest BCUT2D eigenvalue weighted by molar-refractivity contribution is 5.19. The fourth-order valence-electron chi connectivity index (χ4n) is 1.39. The van der Waals surface area contributed by atoms with Crippen LogP contribution in [0.3, 0.4) is 0 Å². The zero-order valence-corrected chi connectivity index (χ0v) is 8.24. The SMILES string of the molecule is Cc1ccn(Cc2cc(F)ccc2F)n1. The van der Waals surface area contributed by atoms with Gasteiger partial charge in [0, 0.05) is 11.8 Å². The average Bonchev–Trinajstić information content (AvgIpc) is 2.58. The van der Waals surface area contributed by atoms with E-state index in [2.05, 4.69) is 5.10 Å². The highest BCUT2D eigenvalue weighted by Crippen LogP contribution is 2.11. The largest absolute Gasteiger partial charge is 0.268 e. The van der Waals surface area contributed by atoms with Gasteiger partial charge >= 0.3 is 0 Å². The first-order chi connectivity index (χ1) is 7.15. The molecule has 0 saturated heterocycles. The van der Waals surface area contributed by atoms with Gasteiger partial charge in [-0.25, -0.2) is 8.78 Å². The van der Waals surface area contributed by atoms with Gasteiger partial charge in [0.25, 0.3) is 0 Å². The molecular weight excluding hydrogens is 198 g/mol. The van der Waals surface area contributed by atoms with Gasteiger partial charge in [0.05, 0.1) is 12.2 Å². The van der Waals surface area contributed by atoms with Gasteiger partial charge in [-0.1, -0.05) is 0 Å². The first kappa shape index (κ1) is 9.83. The van der Waals surface area contributed by atoms with Crippen molar-refractivity contribution in [2.45, 2.75) is 13.5 Å². The maximum absolute atomic E-state index is 13.3. The lowest BCUT2D eigenvalue weighted by Crippen LogP contribution is -2.03. The standard InChI is InChI=1S/C11H10F2N2/c1-8-4-5-15(14-8)7-9-6-10(12)2-3-11(9)13/h2-6H,7H2,1H3. The van der Waals surface area contributed by atoms with Crippen LogP contribution in [-0.2, 0) is 6.54 Å². The van der Waals surface area contributed by atoms with Crippen molar-refractivity contribution in [2.24, 2.45) is 0 Å². The summed E-state index contributed by atoms with van der Waals surface area (Å²) in [7, 11) is 0. The highest BCUT2D eigenvalue weighted by atomic mass is 19.1. The Hall–Kier alpha value is -1.71. The maximum Gasteiger partial charge on any atom is 0.128 e. The Balaban J connectivity index is 2.27. The van der Waals surface area contributed by atoms with Gasteiger partial charge in [-0.3, -0.25) is 4.68 Å². The van der Waals surface area contributed by atoms with E-state index in [0.717, 1.165) is 17.8 Å². The van der Waals surface area contributed by atoms with Crippen molar-refractivity contribution in [1.29, 1.82) is 0 Å². The molecule has 0 aliphatic heterocycles. The number of hydrogen-bond donors (Lipinski definition) is 0. The van der Waals surface area contributed by atoms with Crippen molar-refractivity contribution in [1.82, 2.24) is 9.78 Å². The van der Waals surface area contributed by atoms with Gasteiger partial charge in [-0.05, 0) is 31.2 Å². The van der Waals surface area contributed by atoms with E-state index >= 15 is 0 Å². The number of benzene rings is 1. The number of halogens is 2. The summed E-state index contributed by atoms with van der Waals surface area (Å²) in [5, 5.41) is 4.10. The van der Waals surface area contributed by atoms with E-state index in [1.807, 2.05) is 13.0 Å². The molecule has 0 saturated carbocycles. The molecule has 0 radical (unpaired) electrons. The molecule has 0 aliphatic rings. The minimum Gasteiger partial charge on any atom is -0.268 e. The summed E-state index contributed by atoms with van der Waals surface area (Å²) in [6.07, 6.45) is 1.74. The van der Waals surface area contributed by atoms with Crippen LogP contribution in [0.4, 0.5) is 8.78 Å². The van der Waals surface area contributed by atoms with E-state index in [4.69, 9.17) is 0 Å². The third-order valence-electron chi connectivity index (χ3n) is 2.11. The van der Waals surface area contributed by atoms with Crippen molar-refractivity contribution < 1.29 is 8.78 Å². The summed E-state index contributed by atoms with van der Waals surface area (Å²) in [4.78, 5) is 0. The average molecular weight is 208 g/mol. The lowest BCUT2D eigenvalue weighted by molar-refractivity contribution is 0.565. The van der Waals surface area contributed by atoms with Gasteiger partial charge in [-0.15, -0.1) is 0 Å². The molecule has 4 heteroatoms. The molecule has 0 amide bonds. The van der Waals surface area contributed by atoms with Crippen molar-refractivity contribution in [3.8, 4) is 0 Å². The molecule has 1 heterocycles. The van der Waals surface area contributed by atoms with Crippen LogP contribution >= 0.6 is 0 Å². The van der Waals surface area contributed by atoms with Crippen LogP contribution in [0, 0.1) is 18.6 Å². The Morgan fingerprint density at radius 3 is 2.73 bits per heavy atom. The number of aromatic nitrogens is 2. The normalized spacial score (nSPS) is 10.6. The van der Waals surface area contributed by atoms with Gasteiger partial charge in [0.2, 0.25) is 0 Å². The molecule has 1 aromatic heterocycles. The minimum atomic E-state index is -0.435. The molecule has 2 nitrogen and oxygen atoms in total. The van der Waals surface area contributed by atoms with Crippen molar-refractivity contribution in [3.63, 3.8) is 0 Å². The molecule has 0 fully saturated rings. The molecule has 0 atom stereocenters. The summed E-state index contributed by atoms with van der Waals surface area (Å²) in [5.74, 6) is -0.847. The smallest absolute Gasteiger partial charge is 0.128 e. The summed E-state index contributed by atoms with van der Waals surface area (Å²) < 4.78 is 27.7. The van der Waals surface area contributed by atoms with Crippen LogP contribution in [0.25, 0.3) is 0 Å². The molecule has 2 aromatic rings. The van der Waals surface area contributed by atoms with E-state index in [1.54, 1.807) is 10.9 Å². The van der Waals surface area contributed by atoms with E-state index < -0.39 is 11.6 Å². The molecular formula is C11H10F2N2. The van der Waals surface area contributed by atoms with Crippen LogP contribution in [0.15, 0.2) is 30.5 Å². The molecule has 0 N–H and O–H groups in total. The number of rotatable bonds is 2. The van der Waals surface area contributed by atoms with Gasteiger partial charge in [0.1, 0.15) is 11.6 Å². The molecule has 1 aromatic carbocycles. The number of hydrogen-bond acceptors (Lipinski definition) is 1. The van der Waals surface area contributed by atoms with Crippen molar-refractivity contribution in [3.05, 3.63) is 53.4 Å². The second-order valence-corrected chi connectivity index (χ2v) is 3.39. The summed E-state index contributed by atoms with van der Waals surface area (Å²) in [6, 6.07) is 5.23. The zero-order chi connectivity index (χ0) is 10.8. The number of aryl methyl sites for hydroxylation is 1. The first-order valence-electron chi connectivity index (χ1n) is 4.59. The summed E-state index contributed by atoms with van der Waals surface area (Å²) >= 11 is 0. The fourth-order valence-corrected chi connectivity index (χ4v) is 1.39. The maximum atomic E-state index is 13.3. The second-order valence-electron chi connectivity index (χ2n) is 3.39. The molecule has 0 bridgehead atoms. The summed E-state index contributed by atoms with van der Waals surface area (Å²) in [5.41, 5.74) is 1.16. The topological polar surface area (TPSA) is 17.8 Å². The molecule has 78 valence electrons. The Labute approximate surface area is 86.2 Å². The zero-order valence-electron chi connectivity index (χ0n) is 8.24.